The highest BCUT2D eigenvalue weighted by Gasteiger charge is 2.40. The fourth-order valence-corrected chi connectivity index (χ4v) is 2.72. The van der Waals surface area contributed by atoms with E-state index in [1.165, 1.54) is 0 Å². The van der Waals surface area contributed by atoms with Crippen molar-refractivity contribution in [3.05, 3.63) is 28.2 Å². The second-order valence-electron chi connectivity index (χ2n) is 4.77. The molecule has 0 radical (unpaired) electrons. The van der Waals surface area contributed by atoms with Gasteiger partial charge in [0, 0.05) is 17.6 Å². The predicted molar refractivity (Wildman–Crippen MR) is 73.1 cm³/mol. The standard InChI is InChI=1S/C13H13BrN2O3/c1-13(19-6-12(17)18)7-16(8-13)11-3-2-9(5-15)4-10(11)14/h2-4H,6-8H2,1H3,(H,17,18). The fraction of sp³-hybridized carbons (Fsp3) is 0.385. The first-order valence-electron chi connectivity index (χ1n) is 5.74. The van der Waals surface area contributed by atoms with Gasteiger partial charge in [-0.15, -0.1) is 0 Å². The first kappa shape index (κ1) is 13.8. The average Bonchev–Trinajstić information content (AvgIpc) is 2.33. The van der Waals surface area contributed by atoms with Gasteiger partial charge in [-0.3, -0.25) is 0 Å². The van der Waals surface area contributed by atoms with Crippen LogP contribution in [0.4, 0.5) is 5.69 Å². The van der Waals surface area contributed by atoms with Crippen LogP contribution in [0.15, 0.2) is 22.7 Å². The molecular weight excluding hydrogens is 312 g/mol. The van der Waals surface area contributed by atoms with Gasteiger partial charge in [0.2, 0.25) is 0 Å². The zero-order valence-electron chi connectivity index (χ0n) is 10.4. The van der Waals surface area contributed by atoms with Crippen molar-refractivity contribution in [2.24, 2.45) is 0 Å². The lowest BCUT2D eigenvalue weighted by molar-refractivity contribution is -0.150. The smallest absolute Gasteiger partial charge is 0.329 e. The van der Waals surface area contributed by atoms with Crippen molar-refractivity contribution >= 4 is 27.6 Å². The minimum absolute atomic E-state index is 0.279. The number of halogens is 1. The van der Waals surface area contributed by atoms with E-state index in [9.17, 15) is 4.79 Å². The fourth-order valence-electron chi connectivity index (χ4n) is 2.09. The molecule has 0 atom stereocenters. The van der Waals surface area contributed by atoms with Gasteiger partial charge in [-0.25, -0.2) is 4.79 Å². The number of hydrogen-bond donors (Lipinski definition) is 1. The third kappa shape index (κ3) is 3.06. The van der Waals surface area contributed by atoms with E-state index in [0.717, 1.165) is 10.2 Å². The molecule has 1 aromatic carbocycles. The number of aliphatic carboxylic acids is 1. The van der Waals surface area contributed by atoms with Crippen molar-refractivity contribution in [3.63, 3.8) is 0 Å². The van der Waals surface area contributed by atoms with Gasteiger partial charge in [0.1, 0.15) is 12.2 Å². The Morgan fingerprint density at radius 3 is 2.84 bits per heavy atom. The summed E-state index contributed by atoms with van der Waals surface area (Å²) in [5, 5.41) is 17.4. The molecule has 0 saturated carbocycles. The maximum atomic E-state index is 10.5. The van der Waals surface area contributed by atoms with Crippen LogP contribution in [0.1, 0.15) is 12.5 Å². The lowest BCUT2D eigenvalue weighted by Gasteiger charge is -2.48. The van der Waals surface area contributed by atoms with Crippen LogP contribution in [-0.4, -0.2) is 36.4 Å². The first-order chi connectivity index (χ1) is 8.93. The summed E-state index contributed by atoms with van der Waals surface area (Å²) in [6.45, 7) is 2.87. The van der Waals surface area contributed by atoms with Gasteiger partial charge < -0.3 is 14.7 Å². The summed E-state index contributed by atoms with van der Waals surface area (Å²) in [4.78, 5) is 12.6. The van der Waals surface area contributed by atoms with Crippen LogP contribution < -0.4 is 4.90 Å². The lowest BCUT2D eigenvalue weighted by Crippen LogP contribution is -2.62. The lowest BCUT2D eigenvalue weighted by atomic mass is 9.95. The Hall–Kier alpha value is -1.58. The number of rotatable bonds is 4. The summed E-state index contributed by atoms with van der Waals surface area (Å²) in [5.41, 5.74) is 1.16. The van der Waals surface area contributed by atoms with Crippen molar-refractivity contribution < 1.29 is 14.6 Å². The minimum atomic E-state index is -0.959. The molecule has 5 nitrogen and oxygen atoms in total. The molecule has 0 spiro atoms. The molecule has 1 saturated heterocycles. The summed E-state index contributed by atoms with van der Waals surface area (Å²) in [7, 11) is 0. The van der Waals surface area contributed by atoms with Crippen molar-refractivity contribution in [3.8, 4) is 6.07 Å². The Labute approximate surface area is 119 Å². The number of nitrogens with zero attached hydrogens (tertiary/aromatic N) is 2. The van der Waals surface area contributed by atoms with E-state index in [1.807, 2.05) is 13.0 Å². The molecule has 0 bridgehead atoms. The van der Waals surface area contributed by atoms with Gasteiger partial charge in [0.25, 0.3) is 0 Å². The number of carboxylic acid groups (broad SMARTS) is 1. The van der Waals surface area contributed by atoms with Crippen molar-refractivity contribution in [1.29, 1.82) is 5.26 Å². The molecule has 6 heteroatoms. The second-order valence-corrected chi connectivity index (χ2v) is 5.62. The number of hydrogen-bond acceptors (Lipinski definition) is 4. The molecule has 100 valence electrons. The highest BCUT2D eigenvalue weighted by molar-refractivity contribution is 9.10. The van der Waals surface area contributed by atoms with Gasteiger partial charge in [-0.2, -0.15) is 5.26 Å². The molecular formula is C13H13BrN2O3. The average molecular weight is 325 g/mol. The normalized spacial score (nSPS) is 16.6. The summed E-state index contributed by atoms with van der Waals surface area (Å²) in [6.07, 6.45) is 0. The Bertz CT molecular complexity index is 547. The number of benzene rings is 1. The molecule has 1 aromatic rings. The Morgan fingerprint density at radius 1 is 1.63 bits per heavy atom. The third-order valence-corrected chi connectivity index (χ3v) is 3.65. The van der Waals surface area contributed by atoms with E-state index in [0.29, 0.717) is 18.7 Å². The molecule has 19 heavy (non-hydrogen) atoms. The SMILES string of the molecule is CC1(OCC(=O)O)CN(c2ccc(C#N)cc2Br)C1. The molecule has 1 N–H and O–H groups in total. The summed E-state index contributed by atoms with van der Waals surface area (Å²) < 4.78 is 6.21. The third-order valence-electron chi connectivity index (χ3n) is 3.01. The maximum absolute atomic E-state index is 10.5. The van der Waals surface area contributed by atoms with E-state index in [-0.39, 0.29) is 6.61 Å². The molecule has 1 aliphatic rings. The van der Waals surface area contributed by atoms with Crippen LogP contribution in [0, 0.1) is 11.3 Å². The van der Waals surface area contributed by atoms with E-state index < -0.39 is 11.6 Å². The molecule has 1 heterocycles. The quantitative estimate of drug-likeness (QED) is 0.917. The maximum Gasteiger partial charge on any atom is 0.329 e. The molecule has 0 aliphatic carbocycles. The topological polar surface area (TPSA) is 73.6 Å². The molecule has 0 unspecified atom stereocenters. The zero-order chi connectivity index (χ0) is 14.0. The largest absolute Gasteiger partial charge is 0.480 e. The van der Waals surface area contributed by atoms with Crippen molar-refractivity contribution in [1.82, 2.24) is 0 Å². The molecule has 0 aromatic heterocycles. The summed E-state index contributed by atoms with van der Waals surface area (Å²) in [5.74, 6) is -0.959. The summed E-state index contributed by atoms with van der Waals surface area (Å²) >= 11 is 3.44. The number of carboxylic acids is 1. The van der Waals surface area contributed by atoms with Gasteiger partial charge in [-0.1, -0.05) is 0 Å². The monoisotopic (exact) mass is 324 g/mol. The second kappa shape index (κ2) is 5.19. The Kier molecular flexibility index (Phi) is 3.78. The van der Waals surface area contributed by atoms with Crippen molar-refractivity contribution in [2.45, 2.75) is 12.5 Å². The van der Waals surface area contributed by atoms with Gasteiger partial charge in [0.15, 0.2) is 0 Å². The Balaban J connectivity index is 2.00. The molecule has 1 fully saturated rings. The first-order valence-corrected chi connectivity index (χ1v) is 6.53. The Morgan fingerprint density at radius 2 is 2.32 bits per heavy atom. The predicted octanol–water partition coefficient (Wildman–Crippen LogP) is 2.00. The van der Waals surface area contributed by atoms with Gasteiger partial charge in [0.05, 0.1) is 17.3 Å². The van der Waals surface area contributed by atoms with Gasteiger partial charge >= 0.3 is 5.97 Å². The van der Waals surface area contributed by atoms with E-state index in [1.54, 1.807) is 12.1 Å². The van der Waals surface area contributed by atoms with Crippen LogP contribution in [0.25, 0.3) is 0 Å². The molecule has 2 rings (SSSR count). The van der Waals surface area contributed by atoms with Crippen LogP contribution in [0.5, 0.6) is 0 Å². The van der Waals surface area contributed by atoms with Crippen LogP contribution >= 0.6 is 15.9 Å². The van der Waals surface area contributed by atoms with Crippen LogP contribution in [-0.2, 0) is 9.53 Å². The number of carbonyl (C=O) groups is 1. The van der Waals surface area contributed by atoms with Crippen molar-refractivity contribution in [2.75, 3.05) is 24.6 Å². The van der Waals surface area contributed by atoms with E-state index >= 15 is 0 Å². The van der Waals surface area contributed by atoms with Crippen LogP contribution in [0.3, 0.4) is 0 Å². The minimum Gasteiger partial charge on any atom is -0.480 e. The van der Waals surface area contributed by atoms with E-state index in [4.69, 9.17) is 15.1 Å². The highest BCUT2D eigenvalue weighted by atomic mass is 79.9. The van der Waals surface area contributed by atoms with E-state index in [2.05, 4.69) is 26.9 Å². The number of anilines is 1. The highest BCUT2D eigenvalue weighted by Crippen LogP contribution is 2.35. The molecule has 1 aliphatic heterocycles. The molecule has 0 amide bonds. The van der Waals surface area contributed by atoms with Gasteiger partial charge in [-0.05, 0) is 41.1 Å². The number of nitriles is 1. The zero-order valence-corrected chi connectivity index (χ0v) is 12.0. The number of ether oxygens (including phenoxy) is 1. The van der Waals surface area contributed by atoms with Crippen LogP contribution in [0.2, 0.25) is 0 Å². The summed E-state index contributed by atoms with van der Waals surface area (Å²) in [6, 6.07) is 7.48.